The number of hydrogen-bond acceptors (Lipinski definition) is 3. The van der Waals surface area contributed by atoms with Gasteiger partial charge in [0.05, 0.1) is 6.61 Å². The van der Waals surface area contributed by atoms with Crippen molar-refractivity contribution in [1.82, 2.24) is 10.6 Å². The molecule has 4 heteroatoms. The molecule has 0 saturated carbocycles. The molecule has 114 valence electrons. The van der Waals surface area contributed by atoms with E-state index in [2.05, 4.69) is 24.5 Å². The molecule has 0 rings (SSSR count). The van der Waals surface area contributed by atoms with Crippen LogP contribution in [0.15, 0.2) is 0 Å². The molecule has 1 amide bonds. The fraction of sp³-hybridized carbons (Fsp3) is 0.933. The number of carbonyl (C=O) groups is 1. The lowest BCUT2D eigenvalue weighted by Crippen LogP contribution is -2.25. The van der Waals surface area contributed by atoms with Crippen molar-refractivity contribution in [3.05, 3.63) is 0 Å². The highest BCUT2D eigenvalue weighted by atomic mass is 16.5. The molecule has 0 aliphatic heterocycles. The summed E-state index contributed by atoms with van der Waals surface area (Å²) in [5.41, 5.74) is 0. The Morgan fingerprint density at radius 3 is 2.21 bits per heavy atom. The molecule has 0 heterocycles. The van der Waals surface area contributed by atoms with Crippen LogP contribution < -0.4 is 10.6 Å². The summed E-state index contributed by atoms with van der Waals surface area (Å²) in [6, 6.07) is 0. The van der Waals surface area contributed by atoms with Gasteiger partial charge in [-0.05, 0) is 38.8 Å². The third kappa shape index (κ3) is 15.2. The Bertz CT molecular complexity index is 199. The molecule has 0 fully saturated rings. The van der Waals surface area contributed by atoms with Crippen LogP contribution in [0.3, 0.4) is 0 Å². The van der Waals surface area contributed by atoms with E-state index in [1.807, 2.05) is 0 Å². The third-order valence-corrected chi connectivity index (χ3v) is 2.99. The Hall–Kier alpha value is -0.770. The zero-order valence-electron chi connectivity index (χ0n) is 12.8. The quantitative estimate of drug-likeness (QED) is 0.505. The predicted octanol–water partition coefficient (Wildman–Crippen LogP) is 3.46. The molecule has 0 saturated heterocycles. The van der Waals surface area contributed by atoms with Gasteiger partial charge >= 0.3 is 6.09 Å². The topological polar surface area (TPSA) is 50.4 Å². The molecule has 0 radical (unpaired) electrons. The second-order valence-electron chi connectivity index (χ2n) is 4.93. The lowest BCUT2D eigenvalue weighted by atomic mass is 10.2. The van der Waals surface area contributed by atoms with Crippen molar-refractivity contribution in [2.45, 2.75) is 65.2 Å². The maximum absolute atomic E-state index is 11.2. The van der Waals surface area contributed by atoms with Crippen molar-refractivity contribution < 1.29 is 9.53 Å². The van der Waals surface area contributed by atoms with Crippen LogP contribution in [0.5, 0.6) is 0 Å². The van der Waals surface area contributed by atoms with Crippen LogP contribution in [0, 0.1) is 0 Å². The van der Waals surface area contributed by atoms with Gasteiger partial charge in [0, 0.05) is 6.54 Å². The number of unbranched alkanes of at least 4 members (excludes halogenated alkanes) is 5. The minimum Gasteiger partial charge on any atom is -0.450 e. The van der Waals surface area contributed by atoms with Gasteiger partial charge in [0.1, 0.15) is 0 Å². The Kier molecular flexibility index (Phi) is 14.7. The number of amides is 1. The molecule has 0 aliphatic rings. The molecule has 0 aromatic heterocycles. The van der Waals surface area contributed by atoms with Gasteiger partial charge in [-0.3, -0.25) is 0 Å². The lowest BCUT2D eigenvalue weighted by Gasteiger charge is -2.06. The summed E-state index contributed by atoms with van der Waals surface area (Å²) < 4.78 is 5.08. The van der Waals surface area contributed by atoms with Crippen molar-refractivity contribution in [3.63, 3.8) is 0 Å². The van der Waals surface area contributed by atoms with E-state index in [0.29, 0.717) is 6.61 Å². The van der Waals surface area contributed by atoms with Crippen molar-refractivity contribution in [2.24, 2.45) is 0 Å². The molecule has 0 spiro atoms. The van der Waals surface area contributed by atoms with E-state index < -0.39 is 0 Å². The van der Waals surface area contributed by atoms with E-state index in [1.54, 1.807) is 0 Å². The van der Waals surface area contributed by atoms with Crippen LogP contribution >= 0.6 is 0 Å². The number of hydrogen-bond donors (Lipinski definition) is 2. The van der Waals surface area contributed by atoms with Crippen LogP contribution in [0.4, 0.5) is 4.79 Å². The van der Waals surface area contributed by atoms with Crippen LogP contribution in [0.1, 0.15) is 65.2 Å². The maximum Gasteiger partial charge on any atom is 0.407 e. The Morgan fingerprint density at radius 1 is 0.842 bits per heavy atom. The summed E-state index contributed by atoms with van der Waals surface area (Å²) in [7, 11) is 0. The Labute approximate surface area is 118 Å². The largest absolute Gasteiger partial charge is 0.450 e. The average Bonchev–Trinajstić information content (AvgIpc) is 2.41. The van der Waals surface area contributed by atoms with Crippen molar-refractivity contribution >= 4 is 6.09 Å². The normalized spacial score (nSPS) is 10.4. The molecule has 0 aliphatic carbocycles. The molecule has 0 unspecified atom stereocenters. The minimum absolute atomic E-state index is 0.269. The molecule has 4 nitrogen and oxygen atoms in total. The number of alkyl carbamates (subject to hydrolysis) is 1. The standard InChI is InChI=1S/C15H32N2O2/c1-3-5-11-16-12-9-7-8-10-14-19-15(18)17-13-6-4-2/h16H,3-14H2,1-2H3,(H,17,18). The minimum atomic E-state index is -0.269. The zero-order chi connectivity index (χ0) is 14.2. The third-order valence-electron chi connectivity index (χ3n) is 2.99. The summed E-state index contributed by atoms with van der Waals surface area (Å²) in [5, 5.41) is 6.17. The summed E-state index contributed by atoms with van der Waals surface area (Å²) in [6.45, 7) is 7.82. The Balaban J connectivity index is 3.07. The summed E-state index contributed by atoms with van der Waals surface area (Å²) in [4.78, 5) is 11.2. The van der Waals surface area contributed by atoms with E-state index >= 15 is 0 Å². The first-order chi connectivity index (χ1) is 9.31. The second kappa shape index (κ2) is 15.3. The van der Waals surface area contributed by atoms with E-state index in [0.717, 1.165) is 45.3 Å². The van der Waals surface area contributed by atoms with E-state index in [9.17, 15) is 4.79 Å². The van der Waals surface area contributed by atoms with Gasteiger partial charge in [-0.15, -0.1) is 0 Å². The van der Waals surface area contributed by atoms with Crippen LogP contribution in [-0.4, -0.2) is 32.3 Å². The highest BCUT2D eigenvalue weighted by molar-refractivity contribution is 5.66. The van der Waals surface area contributed by atoms with Crippen molar-refractivity contribution in [3.8, 4) is 0 Å². The monoisotopic (exact) mass is 272 g/mol. The number of rotatable bonds is 13. The highest BCUT2D eigenvalue weighted by Crippen LogP contribution is 1.99. The van der Waals surface area contributed by atoms with Gasteiger partial charge in [-0.25, -0.2) is 4.79 Å². The zero-order valence-corrected chi connectivity index (χ0v) is 12.8. The molecular formula is C15H32N2O2. The molecule has 0 atom stereocenters. The van der Waals surface area contributed by atoms with Crippen LogP contribution in [0.25, 0.3) is 0 Å². The van der Waals surface area contributed by atoms with Gasteiger partial charge in [0.2, 0.25) is 0 Å². The summed E-state index contributed by atoms with van der Waals surface area (Å²) in [6.07, 6.45) is 8.88. The van der Waals surface area contributed by atoms with E-state index in [-0.39, 0.29) is 6.09 Å². The second-order valence-corrected chi connectivity index (χ2v) is 4.93. The summed E-state index contributed by atoms with van der Waals surface area (Å²) >= 11 is 0. The van der Waals surface area contributed by atoms with E-state index in [1.165, 1.54) is 25.7 Å². The molecule has 2 N–H and O–H groups in total. The molecule has 19 heavy (non-hydrogen) atoms. The smallest absolute Gasteiger partial charge is 0.407 e. The van der Waals surface area contributed by atoms with Gasteiger partial charge in [-0.1, -0.05) is 39.5 Å². The first kappa shape index (κ1) is 18.2. The van der Waals surface area contributed by atoms with Gasteiger partial charge < -0.3 is 15.4 Å². The summed E-state index contributed by atoms with van der Waals surface area (Å²) in [5.74, 6) is 0. The molecule has 0 aromatic carbocycles. The maximum atomic E-state index is 11.2. The SMILES string of the molecule is CCCCNCCCCCCOC(=O)NCCCC. The van der Waals surface area contributed by atoms with E-state index in [4.69, 9.17) is 4.74 Å². The lowest BCUT2D eigenvalue weighted by molar-refractivity contribution is 0.143. The van der Waals surface area contributed by atoms with Crippen LogP contribution in [0.2, 0.25) is 0 Å². The number of nitrogens with one attached hydrogen (secondary N) is 2. The van der Waals surface area contributed by atoms with Gasteiger partial charge in [0.25, 0.3) is 0 Å². The van der Waals surface area contributed by atoms with Crippen LogP contribution in [-0.2, 0) is 4.74 Å². The van der Waals surface area contributed by atoms with Crippen molar-refractivity contribution in [1.29, 1.82) is 0 Å². The fourth-order valence-corrected chi connectivity index (χ4v) is 1.72. The number of carbonyl (C=O) groups excluding carboxylic acids is 1. The van der Waals surface area contributed by atoms with Gasteiger partial charge in [0.15, 0.2) is 0 Å². The first-order valence-corrected chi connectivity index (χ1v) is 7.92. The average molecular weight is 272 g/mol. The fourth-order valence-electron chi connectivity index (χ4n) is 1.72. The highest BCUT2D eigenvalue weighted by Gasteiger charge is 1.99. The van der Waals surface area contributed by atoms with Gasteiger partial charge in [-0.2, -0.15) is 0 Å². The molecule has 0 aromatic rings. The van der Waals surface area contributed by atoms with Crippen molar-refractivity contribution in [2.75, 3.05) is 26.2 Å². The predicted molar refractivity (Wildman–Crippen MR) is 80.5 cm³/mol. The number of ether oxygens (including phenoxy) is 1. The molecule has 0 bridgehead atoms. The first-order valence-electron chi connectivity index (χ1n) is 7.92. The molecular weight excluding hydrogens is 240 g/mol. The Morgan fingerprint density at radius 2 is 1.47 bits per heavy atom.